The number of hydrogen-bond acceptors (Lipinski definition) is 1. The van der Waals surface area contributed by atoms with Gasteiger partial charge in [-0.15, -0.1) is 0 Å². The van der Waals surface area contributed by atoms with Crippen molar-refractivity contribution in [1.82, 2.24) is 0 Å². The third kappa shape index (κ3) is 9.53. The lowest BCUT2D eigenvalue weighted by Gasteiger charge is -2.11. The van der Waals surface area contributed by atoms with Gasteiger partial charge in [-0.1, -0.05) is 82.4 Å². The summed E-state index contributed by atoms with van der Waals surface area (Å²) in [6.07, 6.45) is 20.1. The number of rotatable bonds is 14. The Morgan fingerprint density at radius 2 is 1.52 bits per heavy atom. The number of unbranched alkanes of at least 4 members (excludes halogenated alkanes) is 9. The predicted octanol–water partition coefficient (Wildman–Crippen LogP) is 7.93. The number of aryl methyl sites for hydroxylation is 2. The van der Waals surface area contributed by atoms with Gasteiger partial charge in [0.2, 0.25) is 0 Å². The fourth-order valence-electron chi connectivity index (χ4n) is 3.38. The summed E-state index contributed by atoms with van der Waals surface area (Å²) in [5.41, 5.74) is 3.30. The lowest BCUT2D eigenvalue weighted by molar-refractivity contribution is 0.511. The van der Waals surface area contributed by atoms with E-state index in [1.54, 1.807) is 0 Å². The zero-order valence-electron chi connectivity index (χ0n) is 16.5. The molecule has 0 fully saturated rings. The van der Waals surface area contributed by atoms with Crippen molar-refractivity contribution in [2.75, 3.05) is 0 Å². The maximum Gasteiger partial charge on any atom is 0.116 e. The first-order valence-corrected chi connectivity index (χ1v) is 10.3. The smallest absolute Gasteiger partial charge is 0.116 e. The van der Waals surface area contributed by atoms with Crippen LogP contribution in [0.1, 0.15) is 94.2 Å². The molecule has 0 bridgehead atoms. The van der Waals surface area contributed by atoms with Crippen LogP contribution in [0.3, 0.4) is 0 Å². The summed E-state index contributed by atoms with van der Waals surface area (Å²) in [6.45, 7) is 8.01. The Balaban J connectivity index is 2.07. The number of benzene rings is 1. The zero-order chi connectivity index (χ0) is 18.3. The summed E-state index contributed by atoms with van der Waals surface area (Å²) >= 11 is 0. The number of aliphatic hydroxyl groups is 1. The van der Waals surface area contributed by atoms with Gasteiger partial charge < -0.3 is 5.11 Å². The highest BCUT2D eigenvalue weighted by Crippen LogP contribution is 2.22. The molecule has 1 N–H and O–H groups in total. The topological polar surface area (TPSA) is 20.2 Å². The Bertz CT molecular complexity index is 513. The van der Waals surface area contributed by atoms with Crippen LogP contribution in [0.2, 0.25) is 0 Å². The molecule has 1 heteroatoms. The van der Waals surface area contributed by atoms with E-state index in [2.05, 4.69) is 37.8 Å². The largest absolute Gasteiger partial charge is 0.508 e. The molecule has 0 amide bonds. The van der Waals surface area contributed by atoms with Gasteiger partial charge in [0.05, 0.1) is 0 Å². The van der Waals surface area contributed by atoms with Crippen LogP contribution >= 0.6 is 0 Å². The molecule has 0 aliphatic heterocycles. The van der Waals surface area contributed by atoms with E-state index in [1.807, 2.05) is 13.0 Å². The predicted molar refractivity (Wildman–Crippen MR) is 112 cm³/mol. The third-order valence-corrected chi connectivity index (χ3v) is 4.86. The molecule has 0 aromatic heterocycles. The third-order valence-electron chi connectivity index (χ3n) is 4.86. The highest BCUT2D eigenvalue weighted by Gasteiger charge is 2.07. The second kappa shape index (κ2) is 13.8. The van der Waals surface area contributed by atoms with Gasteiger partial charge >= 0.3 is 0 Å². The normalized spacial score (nSPS) is 11.3. The van der Waals surface area contributed by atoms with E-state index in [4.69, 9.17) is 0 Å². The molecule has 0 saturated heterocycles. The van der Waals surface area contributed by atoms with Crippen LogP contribution in [-0.4, -0.2) is 5.11 Å². The highest BCUT2D eigenvalue weighted by molar-refractivity contribution is 5.63. The minimum atomic E-state index is 0.203. The Kier molecular flexibility index (Phi) is 11.9. The quantitative estimate of drug-likeness (QED) is 0.207. The second-order valence-corrected chi connectivity index (χ2v) is 7.18. The molecule has 0 aliphatic carbocycles. The Hall–Kier alpha value is -1.50. The van der Waals surface area contributed by atoms with Crippen LogP contribution in [0.15, 0.2) is 36.9 Å². The molecule has 1 nitrogen and oxygen atoms in total. The fraction of sp³-hybridized carbons (Fsp3) is 0.583. The highest BCUT2D eigenvalue weighted by atomic mass is 16.3. The van der Waals surface area contributed by atoms with Crippen molar-refractivity contribution < 1.29 is 5.11 Å². The van der Waals surface area contributed by atoms with Crippen LogP contribution in [0, 0.1) is 6.92 Å². The molecule has 0 saturated carbocycles. The van der Waals surface area contributed by atoms with Crippen molar-refractivity contribution in [3.63, 3.8) is 0 Å². The minimum absolute atomic E-state index is 0.203. The van der Waals surface area contributed by atoms with Crippen LogP contribution in [0.4, 0.5) is 0 Å². The molecule has 1 rings (SSSR count). The van der Waals surface area contributed by atoms with Crippen molar-refractivity contribution in [3.8, 4) is 0 Å². The van der Waals surface area contributed by atoms with Crippen LogP contribution < -0.4 is 0 Å². The molecule has 1 aromatic carbocycles. The van der Waals surface area contributed by atoms with Crippen LogP contribution in [0.25, 0.3) is 5.76 Å². The summed E-state index contributed by atoms with van der Waals surface area (Å²) in [7, 11) is 0. The summed E-state index contributed by atoms with van der Waals surface area (Å²) in [5.74, 6) is 0.203. The Morgan fingerprint density at radius 3 is 2.16 bits per heavy atom. The van der Waals surface area contributed by atoms with Crippen LogP contribution in [0.5, 0.6) is 0 Å². The SMILES string of the molecule is C=C(O)c1c(C)cccc1CCCCCCC/C=C\CCCCCC. The fourth-order valence-corrected chi connectivity index (χ4v) is 3.38. The number of allylic oxidation sites excluding steroid dienone is 2. The summed E-state index contributed by atoms with van der Waals surface area (Å²) in [4.78, 5) is 0. The van der Waals surface area contributed by atoms with Crippen molar-refractivity contribution in [1.29, 1.82) is 0 Å². The first-order valence-electron chi connectivity index (χ1n) is 10.3. The molecule has 140 valence electrons. The van der Waals surface area contributed by atoms with Crippen molar-refractivity contribution >= 4 is 5.76 Å². The zero-order valence-corrected chi connectivity index (χ0v) is 16.5. The van der Waals surface area contributed by atoms with Crippen molar-refractivity contribution in [3.05, 3.63) is 53.6 Å². The van der Waals surface area contributed by atoms with E-state index in [9.17, 15) is 5.11 Å². The second-order valence-electron chi connectivity index (χ2n) is 7.18. The molecule has 1 aromatic rings. The minimum Gasteiger partial charge on any atom is -0.508 e. The molecule has 0 heterocycles. The van der Waals surface area contributed by atoms with E-state index in [0.717, 1.165) is 17.5 Å². The molecular weight excluding hydrogens is 304 g/mol. The van der Waals surface area contributed by atoms with E-state index in [-0.39, 0.29) is 5.76 Å². The average Bonchev–Trinajstić information content (AvgIpc) is 2.58. The molecule has 0 atom stereocenters. The van der Waals surface area contributed by atoms with Gasteiger partial charge in [-0.3, -0.25) is 0 Å². The summed E-state index contributed by atoms with van der Waals surface area (Å²) < 4.78 is 0. The maximum absolute atomic E-state index is 9.79. The van der Waals surface area contributed by atoms with Gasteiger partial charge in [0, 0.05) is 5.56 Å². The van der Waals surface area contributed by atoms with Gasteiger partial charge in [0.1, 0.15) is 5.76 Å². The van der Waals surface area contributed by atoms with E-state index >= 15 is 0 Å². The van der Waals surface area contributed by atoms with Gasteiger partial charge in [-0.2, -0.15) is 0 Å². The standard InChI is InChI=1S/C24H38O/c1-4-5-6-7-8-9-10-11-12-13-14-15-16-19-23-20-17-18-21(2)24(23)22(3)25/h9-10,17-18,20,25H,3-8,11-16,19H2,1-2H3/b10-9-. The van der Waals surface area contributed by atoms with Gasteiger partial charge in [0.15, 0.2) is 0 Å². The number of hydrogen-bond donors (Lipinski definition) is 1. The summed E-state index contributed by atoms with van der Waals surface area (Å²) in [5, 5.41) is 9.79. The lowest BCUT2D eigenvalue weighted by atomic mass is 9.96. The summed E-state index contributed by atoms with van der Waals surface area (Å²) in [6, 6.07) is 6.23. The maximum atomic E-state index is 9.79. The van der Waals surface area contributed by atoms with Crippen LogP contribution in [-0.2, 0) is 6.42 Å². The molecular formula is C24H38O. The van der Waals surface area contributed by atoms with Crippen molar-refractivity contribution in [2.45, 2.75) is 90.9 Å². The van der Waals surface area contributed by atoms with Gasteiger partial charge in [-0.25, -0.2) is 0 Å². The van der Waals surface area contributed by atoms with Gasteiger partial charge in [0.25, 0.3) is 0 Å². The van der Waals surface area contributed by atoms with E-state index in [0.29, 0.717) is 0 Å². The Morgan fingerprint density at radius 1 is 0.920 bits per heavy atom. The molecule has 0 aliphatic rings. The van der Waals surface area contributed by atoms with Gasteiger partial charge in [-0.05, 0) is 56.6 Å². The first-order chi connectivity index (χ1) is 12.2. The van der Waals surface area contributed by atoms with E-state index in [1.165, 1.54) is 76.2 Å². The first kappa shape index (κ1) is 21.5. The average molecular weight is 343 g/mol. The lowest BCUT2D eigenvalue weighted by Crippen LogP contribution is -1.96. The van der Waals surface area contributed by atoms with Crippen molar-refractivity contribution in [2.24, 2.45) is 0 Å². The molecule has 0 radical (unpaired) electrons. The number of aliphatic hydroxyl groups excluding tert-OH is 1. The molecule has 0 spiro atoms. The molecule has 0 unspecified atom stereocenters. The monoisotopic (exact) mass is 342 g/mol. The molecule has 25 heavy (non-hydrogen) atoms. The van der Waals surface area contributed by atoms with E-state index < -0.39 is 0 Å². The Labute approximate surface area is 155 Å².